The third-order valence-electron chi connectivity index (χ3n) is 4.95. The van der Waals surface area contributed by atoms with Gasteiger partial charge in [0.15, 0.2) is 0 Å². The summed E-state index contributed by atoms with van der Waals surface area (Å²) in [6, 6.07) is 11.8. The number of rotatable bonds is 4. The maximum atomic E-state index is 13.0. The topological polar surface area (TPSA) is 67.4 Å². The molecule has 0 atom stereocenters. The summed E-state index contributed by atoms with van der Waals surface area (Å²) in [5.74, 6) is 0.815. The predicted octanol–water partition coefficient (Wildman–Crippen LogP) is 3.01. The van der Waals surface area contributed by atoms with Gasteiger partial charge in [-0.15, -0.1) is 0 Å². The zero-order valence-electron chi connectivity index (χ0n) is 16.2. The number of carbonyl (C=O) groups is 1. The molecule has 0 unspecified atom stereocenters. The van der Waals surface area contributed by atoms with Crippen LogP contribution in [0.25, 0.3) is 10.9 Å². The van der Waals surface area contributed by atoms with E-state index in [0.717, 1.165) is 46.6 Å². The Hall–Kier alpha value is -2.99. The molecule has 1 aliphatic heterocycles. The number of nitrogens with one attached hydrogen (secondary N) is 1. The van der Waals surface area contributed by atoms with E-state index in [-0.39, 0.29) is 5.91 Å². The fourth-order valence-corrected chi connectivity index (χ4v) is 3.56. The number of pyridine rings is 2. The number of nitrogens with zero attached hydrogens (tertiary/aromatic N) is 3. The summed E-state index contributed by atoms with van der Waals surface area (Å²) in [4.78, 5) is 24.3. The van der Waals surface area contributed by atoms with Gasteiger partial charge in [0.05, 0.1) is 24.3 Å². The van der Waals surface area contributed by atoms with Crippen molar-refractivity contribution in [2.75, 3.05) is 31.2 Å². The third kappa shape index (κ3) is 3.82. The Balaban J connectivity index is 1.57. The fraction of sp³-hybridized carbons (Fsp3) is 0.318. The van der Waals surface area contributed by atoms with Crippen LogP contribution in [0, 0.1) is 13.8 Å². The van der Waals surface area contributed by atoms with Gasteiger partial charge in [-0.3, -0.25) is 9.78 Å². The van der Waals surface area contributed by atoms with Crippen LogP contribution in [0.4, 0.5) is 5.82 Å². The van der Waals surface area contributed by atoms with Crippen molar-refractivity contribution in [1.29, 1.82) is 0 Å². The van der Waals surface area contributed by atoms with E-state index in [0.29, 0.717) is 25.3 Å². The molecule has 0 radical (unpaired) electrons. The zero-order valence-corrected chi connectivity index (χ0v) is 16.2. The van der Waals surface area contributed by atoms with Gasteiger partial charge < -0.3 is 15.0 Å². The minimum absolute atomic E-state index is 0.0992. The number of morpholine rings is 1. The minimum Gasteiger partial charge on any atom is -0.378 e. The molecule has 0 saturated carbocycles. The molecule has 1 fully saturated rings. The molecule has 2 aromatic heterocycles. The van der Waals surface area contributed by atoms with Gasteiger partial charge in [-0.25, -0.2) is 4.98 Å². The maximum Gasteiger partial charge on any atom is 0.252 e. The first-order valence-electron chi connectivity index (χ1n) is 9.54. The zero-order chi connectivity index (χ0) is 19.5. The highest BCUT2D eigenvalue weighted by molar-refractivity contribution is 6.06. The molecule has 144 valence electrons. The van der Waals surface area contributed by atoms with Gasteiger partial charge in [0.1, 0.15) is 5.82 Å². The van der Waals surface area contributed by atoms with Gasteiger partial charge in [0.25, 0.3) is 5.91 Å². The number of anilines is 1. The standard InChI is InChI=1S/C22H24N4O2/c1-15-5-6-20-18(12-15)19(13-16(2)25-20)22(27)24-14-17-4-3-7-23-21(17)26-8-10-28-11-9-26/h3-7,12-13H,8-11,14H2,1-2H3,(H,24,27). The summed E-state index contributed by atoms with van der Waals surface area (Å²) in [6.07, 6.45) is 1.79. The van der Waals surface area contributed by atoms with E-state index in [9.17, 15) is 4.79 Å². The van der Waals surface area contributed by atoms with Crippen LogP contribution in [0.15, 0.2) is 42.6 Å². The van der Waals surface area contributed by atoms with E-state index in [1.54, 1.807) is 6.20 Å². The second-order valence-electron chi connectivity index (χ2n) is 7.10. The van der Waals surface area contributed by atoms with Crippen LogP contribution in [-0.2, 0) is 11.3 Å². The quantitative estimate of drug-likeness (QED) is 0.758. The van der Waals surface area contributed by atoms with E-state index in [1.165, 1.54) is 0 Å². The van der Waals surface area contributed by atoms with Crippen molar-refractivity contribution in [2.24, 2.45) is 0 Å². The van der Waals surface area contributed by atoms with Gasteiger partial charge in [0, 0.05) is 42.5 Å². The van der Waals surface area contributed by atoms with Crippen molar-refractivity contribution in [3.63, 3.8) is 0 Å². The largest absolute Gasteiger partial charge is 0.378 e. The molecule has 0 spiro atoms. The first-order chi connectivity index (χ1) is 13.6. The average molecular weight is 376 g/mol. The Morgan fingerprint density at radius 1 is 1.18 bits per heavy atom. The van der Waals surface area contributed by atoms with E-state index >= 15 is 0 Å². The number of benzene rings is 1. The van der Waals surface area contributed by atoms with Crippen LogP contribution in [0.5, 0.6) is 0 Å². The Kier molecular flexibility index (Phi) is 5.21. The number of fused-ring (bicyclic) bond motifs is 1. The number of carbonyl (C=O) groups excluding carboxylic acids is 1. The fourth-order valence-electron chi connectivity index (χ4n) is 3.56. The minimum atomic E-state index is -0.0992. The summed E-state index contributed by atoms with van der Waals surface area (Å²) in [6.45, 7) is 7.37. The SMILES string of the molecule is Cc1ccc2nc(C)cc(C(=O)NCc3cccnc3N3CCOCC3)c2c1. The lowest BCUT2D eigenvalue weighted by Gasteiger charge is -2.29. The molecule has 0 bridgehead atoms. The Labute approximate surface area is 164 Å². The van der Waals surface area contributed by atoms with Crippen LogP contribution in [0.1, 0.15) is 27.2 Å². The highest BCUT2D eigenvalue weighted by Crippen LogP contribution is 2.21. The number of aryl methyl sites for hydroxylation is 2. The second-order valence-corrected chi connectivity index (χ2v) is 7.10. The lowest BCUT2D eigenvalue weighted by Crippen LogP contribution is -2.37. The van der Waals surface area contributed by atoms with Gasteiger partial charge in [0.2, 0.25) is 0 Å². The van der Waals surface area contributed by atoms with Gasteiger partial charge in [-0.1, -0.05) is 17.7 Å². The van der Waals surface area contributed by atoms with Crippen LogP contribution in [-0.4, -0.2) is 42.2 Å². The number of aromatic nitrogens is 2. The maximum absolute atomic E-state index is 13.0. The molecule has 0 aliphatic carbocycles. The smallest absolute Gasteiger partial charge is 0.252 e. The molecule has 3 aromatic rings. The summed E-state index contributed by atoms with van der Waals surface area (Å²) >= 11 is 0. The Morgan fingerprint density at radius 2 is 2.00 bits per heavy atom. The van der Waals surface area contributed by atoms with Gasteiger partial charge in [-0.05, 0) is 38.1 Å². The molecule has 4 rings (SSSR count). The highest BCUT2D eigenvalue weighted by Gasteiger charge is 2.17. The molecule has 3 heterocycles. The van der Waals surface area contributed by atoms with Crippen LogP contribution in [0.2, 0.25) is 0 Å². The Morgan fingerprint density at radius 3 is 2.82 bits per heavy atom. The van der Waals surface area contributed by atoms with Crippen molar-refractivity contribution in [3.8, 4) is 0 Å². The van der Waals surface area contributed by atoms with Gasteiger partial charge >= 0.3 is 0 Å². The third-order valence-corrected chi connectivity index (χ3v) is 4.95. The van der Waals surface area contributed by atoms with Crippen molar-refractivity contribution in [3.05, 3.63) is 65.0 Å². The summed E-state index contributed by atoms with van der Waals surface area (Å²) in [5.41, 5.74) is 4.43. The summed E-state index contributed by atoms with van der Waals surface area (Å²) in [5, 5.41) is 3.95. The molecule has 1 amide bonds. The monoisotopic (exact) mass is 376 g/mol. The summed E-state index contributed by atoms with van der Waals surface area (Å²) < 4.78 is 5.43. The molecule has 1 saturated heterocycles. The lowest BCUT2D eigenvalue weighted by molar-refractivity contribution is 0.0952. The summed E-state index contributed by atoms with van der Waals surface area (Å²) in [7, 11) is 0. The average Bonchev–Trinajstić information content (AvgIpc) is 2.72. The molecule has 1 aliphatic rings. The molecular weight excluding hydrogens is 352 g/mol. The van der Waals surface area contributed by atoms with E-state index in [2.05, 4.69) is 20.2 Å². The molecule has 1 N–H and O–H groups in total. The van der Waals surface area contributed by atoms with E-state index in [1.807, 2.05) is 50.2 Å². The number of amides is 1. The molecule has 1 aromatic carbocycles. The molecule has 6 nitrogen and oxygen atoms in total. The lowest BCUT2D eigenvalue weighted by atomic mass is 10.0. The number of ether oxygens (including phenoxy) is 1. The highest BCUT2D eigenvalue weighted by atomic mass is 16.5. The first kappa shape index (κ1) is 18.4. The Bertz CT molecular complexity index is 1010. The molecule has 6 heteroatoms. The van der Waals surface area contributed by atoms with E-state index in [4.69, 9.17) is 4.74 Å². The van der Waals surface area contributed by atoms with Crippen molar-refractivity contribution in [1.82, 2.24) is 15.3 Å². The normalized spacial score (nSPS) is 14.3. The van der Waals surface area contributed by atoms with Crippen molar-refractivity contribution in [2.45, 2.75) is 20.4 Å². The van der Waals surface area contributed by atoms with Crippen LogP contribution < -0.4 is 10.2 Å². The molecule has 28 heavy (non-hydrogen) atoms. The number of hydrogen-bond donors (Lipinski definition) is 1. The van der Waals surface area contributed by atoms with Crippen molar-refractivity contribution < 1.29 is 9.53 Å². The van der Waals surface area contributed by atoms with Gasteiger partial charge in [-0.2, -0.15) is 0 Å². The predicted molar refractivity (Wildman–Crippen MR) is 110 cm³/mol. The van der Waals surface area contributed by atoms with Crippen LogP contribution >= 0.6 is 0 Å². The van der Waals surface area contributed by atoms with E-state index < -0.39 is 0 Å². The first-order valence-corrected chi connectivity index (χ1v) is 9.54. The van der Waals surface area contributed by atoms with Crippen LogP contribution in [0.3, 0.4) is 0 Å². The number of hydrogen-bond acceptors (Lipinski definition) is 5. The second kappa shape index (κ2) is 7.94. The molecular formula is C22H24N4O2. The van der Waals surface area contributed by atoms with Crippen molar-refractivity contribution >= 4 is 22.6 Å².